The number of carbonyl (C=O) groups is 1. The Morgan fingerprint density at radius 3 is 2.71 bits per heavy atom. The Labute approximate surface area is 95.7 Å². The molecule has 0 unspecified atom stereocenters. The SMILES string of the molecule is O=C(O)c1cc(OC2COC2)ccc1[N+](=O)[O-]. The van der Waals surface area contributed by atoms with Crippen molar-refractivity contribution in [2.45, 2.75) is 6.10 Å². The largest absolute Gasteiger partial charge is 0.486 e. The highest BCUT2D eigenvalue weighted by atomic mass is 16.6. The van der Waals surface area contributed by atoms with E-state index in [1.807, 2.05) is 0 Å². The summed E-state index contributed by atoms with van der Waals surface area (Å²) in [4.78, 5) is 20.7. The third kappa shape index (κ3) is 2.34. The van der Waals surface area contributed by atoms with E-state index >= 15 is 0 Å². The predicted octanol–water partition coefficient (Wildman–Crippen LogP) is 1.07. The Morgan fingerprint density at radius 1 is 1.53 bits per heavy atom. The van der Waals surface area contributed by atoms with Crippen LogP contribution in [0.2, 0.25) is 0 Å². The van der Waals surface area contributed by atoms with Crippen LogP contribution < -0.4 is 4.74 Å². The molecular weight excluding hydrogens is 230 g/mol. The minimum atomic E-state index is -1.35. The number of ether oxygens (including phenoxy) is 2. The van der Waals surface area contributed by atoms with Gasteiger partial charge < -0.3 is 14.6 Å². The van der Waals surface area contributed by atoms with E-state index in [-0.39, 0.29) is 11.7 Å². The second-order valence-electron chi connectivity index (χ2n) is 3.52. The number of nitro benzene ring substituents is 1. The maximum Gasteiger partial charge on any atom is 0.342 e. The first-order chi connectivity index (χ1) is 8.08. The Kier molecular flexibility index (Phi) is 2.92. The fourth-order valence-corrected chi connectivity index (χ4v) is 1.39. The minimum absolute atomic E-state index is 0.113. The molecule has 1 N–H and O–H groups in total. The van der Waals surface area contributed by atoms with Gasteiger partial charge in [-0.3, -0.25) is 10.1 Å². The molecule has 1 aliphatic rings. The van der Waals surface area contributed by atoms with Crippen LogP contribution in [-0.4, -0.2) is 35.3 Å². The van der Waals surface area contributed by atoms with Crippen LogP contribution >= 0.6 is 0 Å². The van der Waals surface area contributed by atoms with Crippen LogP contribution in [-0.2, 0) is 4.74 Å². The highest BCUT2D eigenvalue weighted by Crippen LogP contribution is 2.25. The first-order valence-electron chi connectivity index (χ1n) is 4.84. The average molecular weight is 239 g/mol. The van der Waals surface area contributed by atoms with Crippen molar-refractivity contribution in [1.82, 2.24) is 0 Å². The van der Waals surface area contributed by atoms with Crippen molar-refractivity contribution >= 4 is 11.7 Å². The Morgan fingerprint density at radius 2 is 2.24 bits per heavy atom. The van der Waals surface area contributed by atoms with Crippen LogP contribution in [0.1, 0.15) is 10.4 Å². The van der Waals surface area contributed by atoms with Crippen LogP contribution in [0.3, 0.4) is 0 Å². The molecule has 7 heteroatoms. The first-order valence-corrected chi connectivity index (χ1v) is 4.84. The topological polar surface area (TPSA) is 98.9 Å². The number of carboxylic acids is 1. The van der Waals surface area contributed by atoms with E-state index in [9.17, 15) is 14.9 Å². The summed E-state index contributed by atoms with van der Waals surface area (Å²) in [5.74, 6) is -1.06. The lowest BCUT2D eigenvalue weighted by Crippen LogP contribution is -2.38. The Bertz CT molecular complexity index is 468. The quantitative estimate of drug-likeness (QED) is 0.623. The molecule has 0 atom stereocenters. The molecule has 2 rings (SSSR count). The molecule has 0 saturated carbocycles. The first kappa shape index (κ1) is 11.3. The molecule has 1 heterocycles. The fraction of sp³-hybridized carbons (Fsp3) is 0.300. The molecule has 90 valence electrons. The molecule has 1 fully saturated rings. The monoisotopic (exact) mass is 239 g/mol. The van der Waals surface area contributed by atoms with Crippen molar-refractivity contribution in [3.63, 3.8) is 0 Å². The number of carboxylic acid groups (broad SMARTS) is 1. The van der Waals surface area contributed by atoms with Gasteiger partial charge in [-0.1, -0.05) is 0 Å². The van der Waals surface area contributed by atoms with Gasteiger partial charge >= 0.3 is 5.97 Å². The Hall–Kier alpha value is -2.15. The van der Waals surface area contributed by atoms with Crippen molar-refractivity contribution in [3.05, 3.63) is 33.9 Å². The lowest BCUT2D eigenvalue weighted by atomic mass is 10.1. The summed E-state index contributed by atoms with van der Waals surface area (Å²) in [6.07, 6.45) is -0.113. The summed E-state index contributed by atoms with van der Waals surface area (Å²) in [7, 11) is 0. The van der Waals surface area contributed by atoms with E-state index in [1.54, 1.807) is 0 Å². The van der Waals surface area contributed by atoms with Crippen LogP contribution in [0.4, 0.5) is 5.69 Å². The zero-order chi connectivity index (χ0) is 12.4. The number of hydrogen-bond donors (Lipinski definition) is 1. The lowest BCUT2D eigenvalue weighted by Gasteiger charge is -2.26. The van der Waals surface area contributed by atoms with Gasteiger partial charge in [-0.15, -0.1) is 0 Å². The van der Waals surface area contributed by atoms with Gasteiger partial charge in [0.15, 0.2) is 0 Å². The van der Waals surface area contributed by atoms with Gasteiger partial charge in [-0.05, 0) is 6.07 Å². The standard InChI is InChI=1S/C10H9NO6/c12-10(13)8-3-6(17-7-4-16-5-7)1-2-9(8)11(14)15/h1-3,7H,4-5H2,(H,12,13). The molecular formula is C10H9NO6. The van der Waals surface area contributed by atoms with E-state index in [4.69, 9.17) is 14.6 Å². The molecule has 0 bridgehead atoms. The van der Waals surface area contributed by atoms with Crippen LogP contribution in [0.5, 0.6) is 5.75 Å². The molecule has 1 aliphatic heterocycles. The van der Waals surface area contributed by atoms with Crippen LogP contribution in [0.15, 0.2) is 18.2 Å². The number of benzene rings is 1. The van der Waals surface area contributed by atoms with Gasteiger partial charge in [-0.25, -0.2) is 4.79 Å². The third-order valence-corrected chi connectivity index (χ3v) is 2.31. The van der Waals surface area contributed by atoms with E-state index in [0.29, 0.717) is 19.0 Å². The second kappa shape index (κ2) is 4.38. The number of nitro groups is 1. The van der Waals surface area contributed by atoms with Crippen LogP contribution in [0.25, 0.3) is 0 Å². The summed E-state index contributed by atoms with van der Waals surface area (Å²) in [5, 5.41) is 19.5. The van der Waals surface area contributed by atoms with E-state index in [1.165, 1.54) is 6.07 Å². The molecule has 1 aromatic rings. The zero-order valence-electron chi connectivity index (χ0n) is 8.66. The number of hydrogen-bond acceptors (Lipinski definition) is 5. The molecule has 0 aliphatic carbocycles. The highest BCUT2D eigenvalue weighted by molar-refractivity contribution is 5.92. The molecule has 17 heavy (non-hydrogen) atoms. The van der Waals surface area contributed by atoms with Gasteiger partial charge in [0.25, 0.3) is 5.69 Å². The summed E-state index contributed by atoms with van der Waals surface area (Å²) in [6.45, 7) is 0.888. The van der Waals surface area contributed by atoms with Gasteiger partial charge in [0.2, 0.25) is 0 Å². The summed E-state index contributed by atoms with van der Waals surface area (Å²) in [6, 6.07) is 3.65. The third-order valence-electron chi connectivity index (χ3n) is 2.31. The second-order valence-corrected chi connectivity index (χ2v) is 3.52. The van der Waals surface area contributed by atoms with Crippen molar-refractivity contribution in [1.29, 1.82) is 0 Å². The zero-order valence-corrected chi connectivity index (χ0v) is 8.66. The highest BCUT2D eigenvalue weighted by Gasteiger charge is 2.24. The summed E-state index contributed by atoms with van der Waals surface area (Å²) in [5.41, 5.74) is -0.831. The molecule has 0 aromatic heterocycles. The Balaban J connectivity index is 2.27. The molecule has 7 nitrogen and oxygen atoms in total. The number of aromatic carboxylic acids is 1. The van der Waals surface area contributed by atoms with Gasteiger partial charge in [0.05, 0.1) is 18.1 Å². The van der Waals surface area contributed by atoms with E-state index in [0.717, 1.165) is 12.1 Å². The van der Waals surface area contributed by atoms with Gasteiger partial charge in [-0.2, -0.15) is 0 Å². The van der Waals surface area contributed by atoms with Crippen molar-refractivity contribution < 1.29 is 24.3 Å². The maximum absolute atomic E-state index is 10.9. The van der Waals surface area contributed by atoms with Gasteiger partial charge in [0.1, 0.15) is 17.4 Å². The van der Waals surface area contributed by atoms with E-state index < -0.39 is 16.6 Å². The fourth-order valence-electron chi connectivity index (χ4n) is 1.39. The lowest BCUT2D eigenvalue weighted by molar-refractivity contribution is -0.385. The molecule has 1 saturated heterocycles. The minimum Gasteiger partial charge on any atom is -0.486 e. The summed E-state index contributed by atoms with van der Waals surface area (Å²) < 4.78 is 10.3. The van der Waals surface area contributed by atoms with Crippen molar-refractivity contribution in [2.75, 3.05) is 13.2 Å². The smallest absolute Gasteiger partial charge is 0.342 e. The van der Waals surface area contributed by atoms with Gasteiger partial charge in [0, 0.05) is 12.1 Å². The molecule has 0 spiro atoms. The molecule has 0 radical (unpaired) electrons. The summed E-state index contributed by atoms with van der Waals surface area (Å²) >= 11 is 0. The van der Waals surface area contributed by atoms with Crippen molar-refractivity contribution in [2.24, 2.45) is 0 Å². The number of nitrogens with zero attached hydrogens (tertiary/aromatic N) is 1. The average Bonchev–Trinajstić information content (AvgIpc) is 2.23. The predicted molar refractivity (Wildman–Crippen MR) is 55.3 cm³/mol. The molecule has 0 amide bonds. The normalized spacial score (nSPS) is 15.1. The van der Waals surface area contributed by atoms with E-state index in [2.05, 4.69) is 0 Å². The molecule has 1 aromatic carbocycles. The number of rotatable bonds is 4. The van der Waals surface area contributed by atoms with Crippen molar-refractivity contribution in [3.8, 4) is 5.75 Å². The van der Waals surface area contributed by atoms with Crippen LogP contribution in [0, 0.1) is 10.1 Å². The maximum atomic E-state index is 10.9.